The molecular weight excluding hydrogens is 348 g/mol. The zero-order valence-electron chi connectivity index (χ0n) is 15.6. The molecule has 0 atom stereocenters. The number of aliphatic imine (C=N–C) groups is 3. The maximum atomic E-state index is 6.15. The van der Waals surface area contributed by atoms with Crippen molar-refractivity contribution in [3.05, 3.63) is 89.5 Å². The van der Waals surface area contributed by atoms with Crippen LogP contribution in [0.15, 0.2) is 87.8 Å². The molecule has 3 aromatic carbocycles. The largest absolute Gasteiger partial charge is 0.398 e. The van der Waals surface area contributed by atoms with Gasteiger partial charge in [0.05, 0.1) is 16.9 Å². The molecule has 0 aromatic heterocycles. The average Bonchev–Trinajstić information content (AvgIpc) is 2.74. The minimum atomic E-state index is 0.351. The molecule has 0 spiro atoms. The van der Waals surface area contributed by atoms with E-state index in [2.05, 4.69) is 15.0 Å². The van der Waals surface area contributed by atoms with E-state index in [1.165, 1.54) is 0 Å². The van der Waals surface area contributed by atoms with Gasteiger partial charge in [-0.2, -0.15) is 0 Å². The molecule has 0 unspecified atom stereocenters. The summed E-state index contributed by atoms with van der Waals surface area (Å²) >= 11 is 0. The molecule has 28 heavy (non-hydrogen) atoms. The number of nitrogens with zero attached hydrogens (tertiary/aromatic N) is 3. The maximum absolute atomic E-state index is 6.15. The summed E-state index contributed by atoms with van der Waals surface area (Å²) in [4.78, 5) is 13.5. The number of rotatable bonds is 3. The van der Waals surface area contributed by atoms with Crippen molar-refractivity contribution < 1.29 is 0 Å². The highest BCUT2D eigenvalue weighted by molar-refractivity contribution is 6.18. The number of hydrogen-bond donors (Lipinski definition) is 3. The fourth-order valence-electron chi connectivity index (χ4n) is 2.65. The highest BCUT2D eigenvalue weighted by Gasteiger charge is 2.14. The predicted molar refractivity (Wildman–Crippen MR) is 119 cm³/mol. The first-order valence-electron chi connectivity index (χ1n) is 8.74. The third kappa shape index (κ3) is 4.24. The van der Waals surface area contributed by atoms with Gasteiger partial charge < -0.3 is 17.2 Å². The summed E-state index contributed by atoms with van der Waals surface area (Å²) in [5.74, 6) is 0.859. The topological polar surface area (TPSA) is 115 Å². The van der Waals surface area contributed by atoms with Crippen LogP contribution in [0.5, 0.6) is 0 Å². The summed E-state index contributed by atoms with van der Waals surface area (Å²) in [6, 6.07) is 22.8. The molecule has 6 heteroatoms. The van der Waals surface area contributed by atoms with Crippen LogP contribution in [-0.2, 0) is 0 Å². The van der Waals surface area contributed by atoms with Crippen LogP contribution in [0.4, 0.5) is 17.1 Å². The molecule has 0 saturated heterocycles. The number of amidine groups is 2. The standard InChI is InChI=1S/C22H22N6/c1-26-22(19-17(23)12-13-18(24)20(19)25)28-21(16-10-6-3-7-11-16)27-14-15-8-4-2-5-9-15/h2-14H,23-25H2,1H3. The van der Waals surface area contributed by atoms with Crippen LogP contribution < -0.4 is 17.2 Å². The Morgan fingerprint density at radius 3 is 2.00 bits per heavy atom. The lowest BCUT2D eigenvalue weighted by atomic mass is 10.1. The second kappa shape index (κ2) is 8.64. The molecule has 0 aliphatic carbocycles. The van der Waals surface area contributed by atoms with Crippen LogP contribution in [0.25, 0.3) is 0 Å². The fraction of sp³-hybridized carbons (Fsp3) is 0.0455. The van der Waals surface area contributed by atoms with Crippen molar-refractivity contribution in [2.45, 2.75) is 0 Å². The summed E-state index contributed by atoms with van der Waals surface area (Å²) in [6.45, 7) is 0. The van der Waals surface area contributed by atoms with E-state index in [1.54, 1.807) is 25.4 Å². The Morgan fingerprint density at radius 2 is 1.36 bits per heavy atom. The molecule has 3 rings (SSSR count). The zero-order chi connectivity index (χ0) is 19.9. The summed E-state index contributed by atoms with van der Waals surface area (Å²) in [5, 5.41) is 0. The maximum Gasteiger partial charge on any atom is 0.161 e. The highest BCUT2D eigenvalue weighted by Crippen LogP contribution is 2.27. The molecule has 6 nitrogen and oxygen atoms in total. The molecule has 0 heterocycles. The molecule has 0 bridgehead atoms. The van der Waals surface area contributed by atoms with Crippen LogP contribution >= 0.6 is 0 Å². The Labute approximate surface area is 164 Å². The monoisotopic (exact) mass is 370 g/mol. The Balaban J connectivity index is 2.10. The number of nitrogens with two attached hydrogens (primary N) is 3. The fourth-order valence-corrected chi connectivity index (χ4v) is 2.65. The van der Waals surface area contributed by atoms with Crippen molar-refractivity contribution in [3.63, 3.8) is 0 Å². The van der Waals surface area contributed by atoms with Gasteiger partial charge in [-0.1, -0.05) is 60.7 Å². The molecule has 0 fully saturated rings. The van der Waals surface area contributed by atoms with E-state index in [-0.39, 0.29) is 0 Å². The van der Waals surface area contributed by atoms with E-state index in [9.17, 15) is 0 Å². The van der Waals surface area contributed by atoms with Crippen molar-refractivity contribution in [1.29, 1.82) is 0 Å². The molecule has 0 amide bonds. The first-order chi connectivity index (χ1) is 13.6. The Hall–Kier alpha value is -3.93. The van der Waals surface area contributed by atoms with Gasteiger partial charge >= 0.3 is 0 Å². The molecule has 140 valence electrons. The minimum Gasteiger partial charge on any atom is -0.398 e. The van der Waals surface area contributed by atoms with Gasteiger partial charge in [-0.05, 0) is 17.7 Å². The Morgan fingerprint density at radius 1 is 0.750 bits per heavy atom. The van der Waals surface area contributed by atoms with Crippen molar-refractivity contribution in [2.75, 3.05) is 24.2 Å². The third-order valence-corrected chi connectivity index (χ3v) is 4.13. The van der Waals surface area contributed by atoms with Gasteiger partial charge in [0, 0.05) is 24.5 Å². The number of benzene rings is 3. The van der Waals surface area contributed by atoms with Crippen LogP contribution in [0.1, 0.15) is 16.7 Å². The van der Waals surface area contributed by atoms with Crippen molar-refractivity contribution in [2.24, 2.45) is 15.0 Å². The van der Waals surface area contributed by atoms with Gasteiger partial charge in [-0.15, -0.1) is 0 Å². The minimum absolute atomic E-state index is 0.351. The van der Waals surface area contributed by atoms with E-state index in [1.807, 2.05) is 60.7 Å². The van der Waals surface area contributed by atoms with E-state index in [4.69, 9.17) is 17.2 Å². The normalized spacial score (nSPS) is 12.5. The van der Waals surface area contributed by atoms with Gasteiger partial charge in [0.25, 0.3) is 0 Å². The predicted octanol–water partition coefficient (Wildman–Crippen LogP) is 3.38. The number of nitrogen functional groups attached to an aromatic ring is 3. The zero-order valence-corrected chi connectivity index (χ0v) is 15.6. The molecule has 0 saturated carbocycles. The SMILES string of the molecule is CN=C(N=C(N=Cc1ccccc1)c1ccccc1)c1c(N)ccc(N)c1N. The average molecular weight is 370 g/mol. The summed E-state index contributed by atoms with van der Waals surface area (Å²) in [7, 11) is 1.63. The molecule has 6 N–H and O–H groups in total. The van der Waals surface area contributed by atoms with Crippen LogP contribution in [0.2, 0.25) is 0 Å². The van der Waals surface area contributed by atoms with E-state index >= 15 is 0 Å². The van der Waals surface area contributed by atoms with Crippen LogP contribution in [-0.4, -0.2) is 24.9 Å². The molecular formula is C22H22N6. The lowest BCUT2D eigenvalue weighted by molar-refractivity contribution is 1.37. The van der Waals surface area contributed by atoms with Crippen LogP contribution in [0, 0.1) is 0 Å². The first-order valence-corrected chi connectivity index (χ1v) is 8.74. The lowest BCUT2D eigenvalue weighted by Crippen LogP contribution is -2.12. The van der Waals surface area contributed by atoms with Crippen molar-refractivity contribution in [3.8, 4) is 0 Å². The highest BCUT2D eigenvalue weighted by atomic mass is 15.0. The number of anilines is 3. The quantitative estimate of drug-likeness (QED) is 0.373. The van der Waals surface area contributed by atoms with Gasteiger partial charge in [0.2, 0.25) is 0 Å². The van der Waals surface area contributed by atoms with Crippen LogP contribution in [0.3, 0.4) is 0 Å². The van der Waals surface area contributed by atoms with E-state index < -0.39 is 0 Å². The first kappa shape index (κ1) is 18.8. The lowest BCUT2D eigenvalue weighted by Gasteiger charge is -2.11. The molecule has 3 aromatic rings. The Bertz CT molecular complexity index is 1040. The molecule has 0 aliphatic rings. The smallest absolute Gasteiger partial charge is 0.161 e. The van der Waals surface area contributed by atoms with Gasteiger partial charge in [0.15, 0.2) is 11.7 Å². The second-order valence-electron chi connectivity index (χ2n) is 6.05. The Kier molecular flexibility index (Phi) is 5.81. The van der Waals surface area contributed by atoms with Crippen molar-refractivity contribution >= 4 is 34.9 Å². The van der Waals surface area contributed by atoms with Crippen molar-refractivity contribution in [1.82, 2.24) is 0 Å². The van der Waals surface area contributed by atoms with E-state index in [0.717, 1.165) is 11.1 Å². The molecule has 0 aliphatic heterocycles. The summed E-state index contributed by atoms with van der Waals surface area (Å²) in [5.41, 5.74) is 21.8. The molecule has 0 radical (unpaired) electrons. The second-order valence-corrected chi connectivity index (χ2v) is 6.05. The van der Waals surface area contributed by atoms with Gasteiger partial charge in [-0.25, -0.2) is 9.98 Å². The number of hydrogen-bond acceptors (Lipinski definition) is 4. The van der Waals surface area contributed by atoms with Gasteiger partial charge in [-0.3, -0.25) is 4.99 Å². The van der Waals surface area contributed by atoms with Gasteiger partial charge in [0.1, 0.15) is 0 Å². The third-order valence-electron chi connectivity index (χ3n) is 4.13. The van der Waals surface area contributed by atoms with E-state index in [0.29, 0.717) is 34.3 Å². The summed E-state index contributed by atoms with van der Waals surface area (Å²) in [6.07, 6.45) is 1.76. The summed E-state index contributed by atoms with van der Waals surface area (Å²) < 4.78 is 0.